The number of para-hydroxylation sites is 1. The van der Waals surface area contributed by atoms with Gasteiger partial charge < -0.3 is 10.5 Å². The smallest absolute Gasteiger partial charge is 0.340 e. The first kappa shape index (κ1) is 12.5. The fourth-order valence-electron chi connectivity index (χ4n) is 1.43. The molecule has 0 aliphatic carbocycles. The molecule has 0 bridgehead atoms. The third-order valence-corrected chi connectivity index (χ3v) is 2.28. The predicted octanol–water partition coefficient (Wildman–Crippen LogP) is 2.75. The molecule has 0 aromatic heterocycles. The Morgan fingerprint density at radius 1 is 1.56 bits per heavy atom. The summed E-state index contributed by atoms with van der Waals surface area (Å²) in [5.41, 5.74) is 5.39. The number of carbonyl (C=O) groups excluding carboxylic acids is 1. The van der Waals surface area contributed by atoms with E-state index in [0.29, 0.717) is 0 Å². The third kappa shape index (κ3) is 2.95. The van der Waals surface area contributed by atoms with E-state index in [1.54, 1.807) is 6.92 Å². The minimum atomic E-state index is -0.599. The van der Waals surface area contributed by atoms with Crippen molar-refractivity contribution in [3.05, 3.63) is 29.6 Å². The molecule has 1 unspecified atom stereocenters. The highest BCUT2D eigenvalue weighted by Gasteiger charge is 2.16. The summed E-state index contributed by atoms with van der Waals surface area (Å²) in [4.78, 5) is 11.6. The summed E-state index contributed by atoms with van der Waals surface area (Å²) in [6.45, 7) is 3.80. The summed E-state index contributed by atoms with van der Waals surface area (Å²) >= 11 is 0. The van der Waals surface area contributed by atoms with Gasteiger partial charge in [-0.25, -0.2) is 9.18 Å². The Morgan fingerprint density at radius 3 is 2.88 bits per heavy atom. The topological polar surface area (TPSA) is 52.3 Å². The minimum Gasteiger partial charge on any atom is -0.459 e. The van der Waals surface area contributed by atoms with Crippen molar-refractivity contribution in [3.63, 3.8) is 0 Å². The zero-order chi connectivity index (χ0) is 12.1. The molecule has 2 N–H and O–H groups in total. The molecule has 1 rings (SSSR count). The van der Waals surface area contributed by atoms with Crippen molar-refractivity contribution in [3.8, 4) is 0 Å². The molecule has 4 heteroatoms. The number of nitrogen functional groups attached to an aromatic ring is 1. The van der Waals surface area contributed by atoms with E-state index in [4.69, 9.17) is 10.5 Å². The molecule has 1 aromatic carbocycles. The van der Waals surface area contributed by atoms with Gasteiger partial charge in [0, 0.05) is 0 Å². The monoisotopic (exact) mass is 225 g/mol. The van der Waals surface area contributed by atoms with Crippen LogP contribution >= 0.6 is 0 Å². The van der Waals surface area contributed by atoms with E-state index in [1.165, 1.54) is 18.2 Å². The van der Waals surface area contributed by atoms with Gasteiger partial charge in [-0.1, -0.05) is 19.4 Å². The van der Waals surface area contributed by atoms with Crippen molar-refractivity contribution in [1.82, 2.24) is 0 Å². The van der Waals surface area contributed by atoms with Crippen LogP contribution in [-0.4, -0.2) is 12.1 Å². The summed E-state index contributed by atoms with van der Waals surface area (Å²) < 4.78 is 18.2. The van der Waals surface area contributed by atoms with Gasteiger partial charge in [0.15, 0.2) is 0 Å². The van der Waals surface area contributed by atoms with Gasteiger partial charge >= 0.3 is 5.97 Å². The van der Waals surface area contributed by atoms with Crippen LogP contribution in [0, 0.1) is 5.82 Å². The fraction of sp³-hybridized carbons (Fsp3) is 0.417. The van der Waals surface area contributed by atoms with E-state index in [1.807, 2.05) is 6.92 Å². The SMILES string of the molecule is CCCC(C)OC(=O)c1cccc(F)c1N. The molecule has 88 valence electrons. The summed E-state index contributed by atoms with van der Waals surface area (Å²) in [7, 11) is 0. The molecular formula is C12H16FNO2. The van der Waals surface area contributed by atoms with Gasteiger partial charge in [-0.3, -0.25) is 0 Å². The fourth-order valence-corrected chi connectivity index (χ4v) is 1.43. The summed E-state index contributed by atoms with van der Waals surface area (Å²) in [6.07, 6.45) is 1.52. The number of hydrogen-bond acceptors (Lipinski definition) is 3. The largest absolute Gasteiger partial charge is 0.459 e. The third-order valence-electron chi connectivity index (χ3n) is 2.28. The second kappa shape index (κ2) is 5.49. The molecule has 0 radical (unpaired) electrons. The number of anilines is 1. The van der Waals surface area contributed by atoms with Crippen molar-refractivity contribution in [2.75, 3.05) is 5.73 Å². The number of esters is 1. The van der Waals surface area contributed by atoms with Gasteiger partial charge in [-0.05, 0) is 25.5 Å². The maximum atomic E-state index is 13.1. The van der Waals surface area contributed by atoms with Gasteiger partial charge in [0.05, 0.1) is 17.4 Å². The Morgan fingerprint density at radius 2 is 2.25 bits per heavy atom. The molecule has 0 spiro atoms. The number of halogens is 1. The highest BCUT2D eigenvalue weighted by molar-refractivity contribution is 5.95. The van der Waals surface area contributed by atoms with Crippen LogP contribution in [0.15, 0.2) is 18.2 Å². The second-order valence-corrected chi connectivity index (χ2v) is 3.71. The maximum absolute atomic E-state index is 13.1. The summed E-state index contributed by atoms with van der Waals surface area (Å²) in [5.74, 6) is -1.17. The lowest BCUT2D eigenvalue weighted by Crippen LogP contribution is -2.16. The van der Waals surface area contributed by atoms with Crippen LogP contribution in [-0.2, 0) is 4.74 Å². The molecule has 0 heterocycles. The molecule has 16 heavy (non-hydrogen) atoms. The van der Waals surface area contributed by atoms with Crippen molar-refractivity contribution >= 4 is 11.7 Å². The highest BCUT2D eigenvalue weighted by Crippen LogP contribution is 2.17. The van der Waals surface area contributed by atoms with Crippen LogP contribution < -0.4 is 5.73 Å². The lowest BCUT2D eigenvalue weighted by atomic mass is 10.1. The van der Waals surface area contributed by atoms with Gasteiger partial charge in [-0.15, -0.1) is 0 Å². The molecule has 0 fully saturated rings. The van der Waals surface area contributed by atoms with Crippen LogP contribution in [0.3, 0.4) is 0 Å². The predicted molar refractivity (Wildman–Crippen MR) is 60.6 cm³/mol. The molecule has 0 saturated carbocycles. The molecule has 0 amide bonds. The zero-order valence-electron chi connectivity index (χ0n) is 9.50. The average molecular weight is 225 g/mol. The van der Waals surface area contributed by atoms with E-state index in [9.17, 15) is 9.18 Å². The number of carbonyl (C=O) groups is 1. The molecule has 3 nitrogen and oxygen atoms in total. The normalized spacial score (nSPS) is 12.2. The van der Waals surface area contributed by atoms with Gasteiger partial charge in [-0.2, -0.15) is 0 Å². The van der Waals surface area contributed by atoms with Crippen LogP contribution in [0.2, 0.25) is 0 Å². The standard InChI is InChI=1S/C12H16FNO2/c1-3-5-8(2)16-12(15)9-6-4-7-10(13)11(9)14/h4,6-8H,3,5,14H2,1-2H3. The van der Waals surface area contributed by atoms with E-state index in [-0.39, 0.29) is 17.4 Å². The van der Waals surface area contributed by atoms with Gasteiger partial charge in [0.2, 0.25) is 0 Å². The Kier molecular flexibility index (Phi) is 4.28. The molecule has 0 saturated heterocycles. The van der Waals surface area contributed by atoms with Gasteiger partial charge in [0.25, 0.3) is 0 Å². The molecule has 1 atom stereocenters. The first-order valence-corrected chi connectivity index (χ1v) is 5.31. The van der Waals surface area contributed by atoms with Crippen molar-refractivity contribution in [2.24, 2.45) is 0 Å². The minimum absolute atomic E-state index is 0.0861. The Hall–Kier alpha value is -1.58. The van der Waals surface area contributed by atoms with Gasteiger partial charge in [0.1, 0.15) is 5.82 Å². The first-order chi connectivity index (χ1) is 7.56. The molecule has 0 aliphatic rings. The Bertz CT molecular complexity index is 379. The Balaban J connectivity index is 2.77. The van der Waals surface area contributed by atoms with Crippen LogP contribution in [0.5, 0.6) is 0 Å². The summed E-state index contributed by atoms with van der Waals surface area (Å²) in [6, 6.07) is 4.10. The lowest BCUT2D eigenvalue weighted by Gasteiger charge is -2.13. The van der Waals surface area contributed by atoms with E-state index in [2.05, 4.69) is 0 Å². The quantitative estimate of drug-likeness (QED) is 0.633. The molecule has 0 aliphatic heterocycles. The Labute approximate surface area is 94.4 Å². The molecular weight excluding hydrogens is 209 g/mol. The molecule has 1 aromatic rings. The number of hydrogen-bond donors (Lipinski definition) is 1. The lowest BCUT2D eigenvalue weighted by molar-refractivity contribution is 0.0324. The first-order valence-electron chi connectivity index (χ1n) is 5.31. The highest BCUT2D eigenvalue weighted by atomic mass is 19.1. The number of ether oxygens (including phenoxy) is 1. The number of benzene rings is 1. The number of rotatable bonds is 4. The second-order valence-electron chi connectivity index (χ2n) is 3.71. The maximum Gasteiger partial charge on any atom is 0.340 e. The van der Waals surface area contributed by atoms with E-state index in [0.717, 1.165) is 12.8 Å². The average Bonchev–Trinajstić information content (AvgIpc) is 2.22. The van der Waals surface area contributed by atoms with Crippen LogP contribution in [0.25, 0.3) is 0 Å². The van der Waals surface area contributed by atoms with E-state index >= 15 is 0 Å². The zero-order valence-corrected chi connectivity index (χ0v) is 9.50. The van der Waals surface area contributed by atoms with Crippen LogP contribution in [0.1, 0.15) is 37.0 Å². The van der Waals surface area contributed by atoms with Crippen molar-refractivity contribution in [2.45, 2.75) is 32.8 Å². The van der Waals surface area contributed by atoms with E-state index < -0.39 is 11.8 Å². The van der Waals surface area contributed by atoms with Crippen molar-refractivity contribution < 1.29 is 13.9 Å². The van der Waals surface area contributed by atoms with Crippen LogP contribution in [0.4, 0.5) is 10.1 Å². The van der Waals surface area contributed by atoms with Crippen molar-refractivity contribution in [1.29, 1.82) is 0 Å². The summed E-state index contributed by atoms with van der Waals surface area (Å²) in [5, 5.41) is 0. The number of nitrogens with two attached hydrogens (primary N) is 1.